The average molecular weight is 247 g/mol. The van der Waals surface area contributed by atoms with Gasteiger partial charge in [-0.1, -0.05) is 11.8 Å². The second-order valence-electron chi connectivity index (χ2n) is 3.39. The van der Waals surface area contributed by atoms with Crippen molar-refractivity contribution in [1.29, 1.82) is 0 Å². The standard InChI is InChI=1S/C13H13NO4/c1-2-18-13(17)10-6-7-11(14)9(8-10)4-3-5-12(15)16/h6-8H,2,5,14H2,1H3,(H,15,16). The van der Waals surface area contributed by atoms with Gasteiger partial charge in [0.2, 0.25) is 0 Å². The van der Waals surface area contributed by atoms with Crippen LogP contribution in [0.15, 0.2) is 18.2 Å². The summed E-state index contributed by atoms with van der Waals surface area (Å²) < 4.78 is 4.84. The van der Waals surface area contributed by atoms with Crippen molar-refractivity contribution in [2.45, 2.75) is 13.3 Å². The number of nitrogen functional groups attached to an aromatic ring is 1. The highest BCUT2D eigenvalue weighted by Crippen LogP contribution is 2.14. The molecule has 0 saturated carbocycles. The molecule has 94 valence electrons. The zero-order chi connectivity index (χ0) is 13.5. The van der Waals surface area contributed by atoms with E-state index in [0.717, 1.165) is 0 Å². The van der Waals surface area contributed by atoms with E-state index in [9.17, 15) is 9.59 Å². The Balaban J connectivity index is 2.96. The molecular weight excluding hydrogens is 234 g/mol. The van der Waals surface area contributed by atoms with Gasteiger partial charge in [0.05, 0.1) is 12.2 Å². The molecule has 0 aromatic heterocycles. The quantitative estimate of drug-likeness (QED) is 0.477. The fraction of sp³-hybridized carbons (Fsp3) is 0.231. The molecule has 0 saturated heterocycles. The number of carbonyl (C=O) groups is 2. The number of benzene rings is 1. The summed E-state index contributed by atoms with van der Waals surface area (Å²) in [6.07, 6.45) is -0.275. The number of ether oxygens (including phenoxy) is 1. The Bertz CT molecular complexity index is 526. The van der Waals surface area contributed by atoms with Gasteiger partial charge in [-0.15, -0.1) is 0 Å². The Kier molecular flexibility index (Phi) is 4.76. The van der Waals surface area contributed by atoms with Crippen molar-refractivity contribution in [2.75, 3.05) is 12.3 Å². The van der Waals surface area contributed by atoms with Gasteiger partial charge in [0.1, 0.15) is 6.42 Å². The van der Waals surface area contributed by atoms with Gasteiger partial charge in [-0.25, -0.2) is 4.79 Å². The fourth-order valence-electron chi connectivity index (χ4n) is 1.22. The van der Waals surface area contributed by atoms with Gasteiger partial charge >= 0.3 is 11.9 Å². The molecule has 3 N–H and O–H groups in total. The smallest absolute Gasteiger partial charge is 0.338 e. The van der Waals surface area contributed by atoms with Crippen LogP contribution in [-0.2, 0) is 9.53 Å². The Hall–Kier alpha value is -2.48. The van der Waals surface area contributed by atoms with Crippen molar-refractivity contribution in [1.82, 2.24) is 0 Å². The lowest BCUT2D eigenvalue weighted by atomic mass is 10.1. The van der Waals surface area contributed by atoms with E-state index in [4.69, 9.17) is 15.6 Å². The number of carbonyl (C=O) groups excluding carboxylic acids is 1. The Morgan fingerprint density at radius 2 is 2.17 bits per heavy atom. The van der Waals surface area contributed by atoms with Gasteiger partial charge in [-0.2, -0.15) is 0 Å². The second kappa shape index (κ2) is 6.30. The maximum Gasteiger partial charge on any atom is 0.338 e. The zero-order valence-electron chi connectivity index (χ0n) is 9.90. The van der Waals surface area contributed by atoms with Crippen molar-refractivity contribution >= 4 is 17.6 Å². The molecule has 0 atom stereocenters. The topological polar surface area (TPSA) is 89.6 Å². The van der Waals surface area contributed by atoms with Crippen LogP contribution in [0, 0.1) is 11.8 Å². The summed E-state index contributed by atoms with van der Waals surface area (Å²) in [6.45, 7) is 1.99. The van der Waals surface area contributed by atoms with Crippen LogP contribution in [0.5, 0.6) is 0 Å². The van der Waals surface area contributed by atoms with Crippen molar-refractivity contribution in [3.63, 3.8) is 0 Å². The van der Waals surface area contributed by atoms with Crippen LogP contribution in [0.1, 0.15) is 29.3 Å². The Morgan fingerprint density at radius 3 is 2.78 bits per heavy atom. The molecule has 1 aromatic rings. The molecule has 0 aliphatic heterocycles. The average Bonchev–Trinajstić information content (AvgIpc) is 2.31. The Morgan fingerprint density at radius 1 is 1.44 bits per heavy atom. The first-order chi connectivity index (χ1) is 8.54. The van der Waals surface area contributed by atoms with Crippen LogP contribution in [0.3, 0.4) is 0 Å². The summed E-state index contributed by atoms with van der Waals surface area (Å²) in [7, 11) is 0. The summed E-state index contributed by atoms with van der Waals surface area (Å²) in [5, 5.41) is 8.47. The lowest BCUT2D eigenvalue weighted by molar-refractivity contribution is -0.135. The van der Waals surface area contributed by atoms with Gasteiger partial charge in [0, 0.05) is 11.3 Å². The minimum Gasteiger partial charge on any atom is -0.481 e. The molecule has 1 rings (SSSR count). The molecule has 0 amide bonds. The second-order valence-corrected chi connectivity index (χ2v) is 3.39. The summed E-state index contributed by atoms with van der Waals surface area (Å²) in [4.78, 5) is 21.8. The summed E-state index contributed by atoms with van der Waals surface area (Å²) in [6, 6.07) is 4.56. The lowest BCUT2D eigenvalue weighted by Crippen LogP contribution is -2.05. The van der Waals surface area contributed by atoms with Gasteiger partial charge in [0.15, 0.2) is 0 Å². The predicted octanol–water partition coefficient (Wildman–Crippen LogP) is 1.27. The van der Waals surface area contributed by atoms with Crippen LogP contribution in [0.2, 0.25) is 0 Å². The van der Waals surface area contributed by atoms with E-state index in [1.54, 1.807) is 6.92 Å². The number of aliphatic carboxylic acids is 1. The molecule has 0 radical (unpaired) electrons. The van der Waals surface area contributed by atoms with Gasteiger partial charge < -0.3 is 15.6 Å². The van der Waals surface area contributed by atoms with Gasteiger partial charge in [0.25, 0.3) is 0 Å². The number of esters is 1. The molecule has 0 aliphatic rings. The van der Waals surface area contributed by atoms with Crippen molar-refractivity contribution < 1.29 is 19.4 Å². The minimum atomic E-state index is -1.01. The highest BCUT2D eigenvalue weighted by molar-refractivity contribution is 5.90. The van der Waals surface area contributed by atoms with Crippen molar-refractivity contribution in [3.8, 4) is 11.8 Å². The number of rotatable bonds is 3. The van der Waals surface area contributed by atoms with Crippen molar-refractivity contribution in [3.05, 3.63) is 29.3 Å². The van der Waals surface area contributed by atoms with E-state index < -0.39 is 11.9 Å². The number of hydrogen-bond donors (Lipinski definition) is 2. The third-order valence-corrected chi connectivity index (χ3v) is 2.03. The third-order valence-electron chi connectivity index (χ3n) is 2.03. The monoisotopic (exact) mass is 247 g/mol. The summed E-state index contributed by atoms with van der Waals surface area (Å²) >= 11 is 0. The van der Waals surface area contributed by atoms with E-state index in [1.165, 1.54) is 18.2 Å². The first-order valence-electron chi connectivity index (χ1n) is 5.32. The number of anilines is 1. The SMILES string of the molecule is CCOC(=O)c1ccc(N)c(C#CCC(=O)O)c1. The van der Waals surface area contributed by atoms with Gasteiger partial charge in [-0.05, 0) is 25.1 Å². The lowest BCUT2D eigenvalue weighted by Gasteiger charge is -2.03. The maximum absolute atomic E-state index is 11.5. The van der Waals surface area contributed by atoms with Crippen LogP contribution < -0.4 is 5.73 Å². The largest absolute Gasteiger partial charge is 0.481 e. The number of carboxylic acid groups (broad SMARTS) is 1. The summed E-state index contributed by atoms with van der Waals surface area (Å²) in [5.41, 5.74) is 6.83. The first kappa shape index (κ1) is 13.6. The molecule has 0 spiro atoms. The zero-order valence-corrected chi connectivity index (χ0v) is 9.90. The first-order valence-corrected chi connectivity index (χ1v) is 5.32. The molecule has 0 bridgehead atoms. The normalized spacial score (nSPS) is 9.17. The maximum atomic E-state index is 11.5. The fourth-order valence-corrected chi connectivity index (χ4v) is 1.22. The van der Waals surface area contributed by atoms with E-state index in [0.29, 0.717) is 16.8 Å². The third kappa shape index (κ3) is 3.83. The van der Waals surface area contributed by atoms with E-state index in [2.05, 4.69) is 11.8 Å². The summed E-state index contributed by atoms with van der Waals surface area (Å²) in [5.74, 6) is 3.61. The number of hydrogen-bond acceptors (Lipinski definition) is 4. The number of carboxylic acids is 1. The molecule has 0 unspecified atom stereocenters. The van der Waals surface area contributed by atoms with Crippen LogP contribution >= 0.6 is 0 Å². The van der Waals surface area contributed by atoms with E-state index >= 15 is 0 Å². The van der Waals surface area contributed by atoms with E-state index in [1.807, 2.05) is 0 Å². The molecule has 0 fully saturated rings. The van der Waals surface area contributed by atoms with E-state index in [-0.39, 0.29) is 13.0 Å². The molecule has 0 aliphatic carbocycles. The van der Waals surface area contributed by atoms with Crippen LogP contribution in [0.4, 0.5) is 5.69 Å². The molecule has 1 aromatic carbocycles. The number of nitrogens with two attached hydrogens (primary N) is 1. The van der Waals surface area contributed by atoms with Gasteiger partial charge in [-0.3, -0.25) is 4.79 Å². The predicted molar refractivity (Wildman–Crippen MR) is 65.9 cm³/mol. The minimum absolute atomic E-state index is 0.275. The molecule has 5 nitrogen and oxygen atoms in total. The van der Waals surface area contributed by atoms with Crippen LogP contribution in [-0.4, -0.2) is 23.7 Å². The Labute approximate surface area is 105 Å². The highest BCUT2D eigenvalue weighted by Gasteiger charge is 2.08. The molecular formula is C13H13NO4. The van der Waals surface area contributed by atoms with Crippen molar-refractivity contribution in [2.24, 2.45) is 0 Å². The highest BCUT2D eigenvalue weighted by atomic mass is 16.5. The van der Waals surface area contributed by atoms with Crippen LogP contribution in [0.25, 0.3) is 0 Å². The molecule has 18 heavy (non-hydrogen) atoms. The molecule has 0 heterocycles. The molecule has 5 heteroatoms.